The number of alkyl halides is 1. The Morgan fingerprint density at radius 3 is 2.67 bits per heavy atom. The first-order valence-electron chi connectivity index (χ1n) is 13.8. The van der Waals surface area contributed by atoms with Crippen LogP contribution in [-0.2, 0) is 20.7 Å². The monoisotopic (exact) mass is 562 g/mol. The van der Waals surface area contributed by atoms with Crippen molar-refractivity contribution in [1.29, 1.82) is 0 Å². The normalized spacial score (nSPS) is 29.1. The fourth-order valence-corrected chi connectivity index (χ4v) is 4.32. The van der Waals surface area contributed by atoms with Crippen molar-refractivity contribution in [2.24, 2.45) is 17.6 Å². The van der Waals surface area contributed by atoms with Crippen LogP contribution in [0.5, 0.6) is 0 Å². The molecule has 2 heterocycles. The number of rotatable bonds is 5. The fourth-order valence-electron chi connectivity index (χ4n) is 4.32. The molecule has 11 heteroatoms. The topological polar surface area (TPSA) is 157 Å². The van der Waals surface area contributed by atoms with E-state index in [1.807, 2.05) is 20.8 Å². The molecule has 40 heavy (non-hydrogen) atoms. The minimum atomic E-state index is -1.47. The van der Waals surface area contributed by atoms with Gasteiger partial charge in [0.1, 0.15) is 24.6 Å². The molecule has 10 nitrogen and oxygen atoms in total. The van der Waals surface area contributed by atoms with Crippen LogP contribution in [-0.4, -0.2) is 65.4 Å². The zero-order chi connectivity index (χ0) is 29.7. The van der Waals surface area contributed by atoms with Crippen molar-refractivity contribution < 1.29 is 33.0 Å². The van der Waals surface area contributed by atoms with Crippen LogP contribution >= 0.6 is 0 Å². The first-order chi connectivity index (χ1) is 19.0. The first kappa shape index (κ1) is 32.9. The number of ether oxygens (including phenoxy) is 1. The third kappa shape index (κ3) is 11.4. The molecule has 2 rings (SSSR count). The summed E-state index contributed by atoms with van der Waals surface area (Å²) in [7, 11) is 0. The maximum absolute atomic E-state index is 14.6. The van der Waals surface area contributed by atoms with Crippen LogP contribution in [0.4, 0.5) is 4.39 Å². The number of esters is 1. The number of aliphatic hydroxyl groups is 1. The number of aromatic nitrogens is 1. The van der Waals surface area contributed by atoms with Crippen molar-refractivity contribution >= 4 is 17.8 Å². The highest BCUT2D eigenvalue weighted by Crippen LogP contribution is 2.20. The highest BCUT2D eigenvalue weighted by Gasteiger charge is 2.30. The lowest BCUT2D eigenvalue weighted by Crippen LogP contribution is -2.44. The number of unbranched alkanes of at least 4 members (excludes halogenated alkanes) is 1. The number of hydrogen-bond acceptors (Lipinski definition) is 8. The molecule has 1 aliphatic rings. The number of allylic oxidation sites excluding steroid dienone is 2. The lowest BCUT2D eigenvalue weighted by molar-refractivity contribution is -0.155. The smallest absolute Gasteiger partial charge is 0.328 e. The number of hydrogen-bond donors (Lipinski definition) is 4. The van der Waals surface area contributed by atoms with Gasteiger partial charge in [0.25, 0.3) is 5.91 Å². The van der Waals surface area contributed by atoms with Crippen molar-refractivity contribution in [3.05, 3.63) is 53.8 Å². The van der Waals surface area contributed by atoms with E-state index in [9.17, 15) is 23.9 Å². The second-order valence-corrected chi connectivity index (χ2v) is 10.5. The minimum absolute atomic E-state index is 0.00215. The summed E-state index contributed by atoms with van der Waals surface area (Å²) in [6.45, 7) is 8.11. The molecule has 0 aromatic carbocycles. The van der Waals surface area contributed by atoms with Crippen LogP contribution in [0.15, 0.2) is 46.6 Å². The van der Waals surface area contributed by atoms with Crippen molar-refractivity contribution in [1.82, 2.24) is 15.6 Å². The molecule has 0 fully saturated rings. The van der Waals surface area contributed by atoms with Gasteiger partial charge in [-0.3, -0.25) is 9.59 Å². The molecular formula is C29H43FN4O6. The number of carbonyl (C=O) groups excluding carboxylic acids is 3. The van der Waals surface area contributed by atoms with E-state index in [1.165, 1.54) is 12.2 Å². The first-order valence-corrected chi connectivity index (χ1v) is 13.8. The Kier molecular flexibility index (Phi) is 13.7. The third-order valence-corrected chi connectivity index (χ3v) is 6.42. The van der Waals surface area contributed by atoms with Crippen LogP contribution < -0.4 is 16.4 Å². The molecule has 0 saturated carbocycles. The van der Waals surface area contributed by atoms with Gasteiger partial charge in [0.05, 0.1) is 12.5 Å². The van der Waals surface area contributed by atoms with Gasteiger partial charge in [-0.25, -0.2) is 14.2 Å². The number of carbonyl (C=O) groups is 3. The van der Waals surface area contributed by atoms with Crippen molar-refractivity contribution in [3.63, 3.8) is 0 Å². The molecule has 2 bridgehead atoms. The maximum atomic E-state index is 14.6. The molecule has 222 valence electrons. The highest BCUT2D eigenvalue weighted by atomic mass is 19.1. The quantitative estimate of drug-likeness (QED) is 0.315. The summed E-state index contributed by atoms with van der Waals surface area (Å²) in [5, 5.41) is 15.6. The van der Waals surface area contributed by atoms with Crippen molar-refractivity contribution in [2.75, 3.05) is 13.1 Å². The number of oxazole rings is 1. The number of cyclic esters (lactones) is 1. The summed E-state index contributed by atoms with van der Waals surface area (Å²) < 4.78 is 25.7. The summed E-state index contributed by atoms with van der Waals surface area (Å²) in [6.07, 6.45) is 7.18. The number of nitrogens with one attached hydrogen (secondary N) is 2. The summed E-state index contributed by atoms with van der Waals surface area (Å²) in [5.74, 6) is -1.94. The van der Waals surface area contributed by atoms with Gasteiger partial charge in [0, 0.05) is 18.9 Å². The maximum Gasteiger partial charge on any atom is 0.328 e. The van der Waals surface area contributed by atoms with Gasteiger partial charge < -0.3 is 30.6 Å². The van der Waals surface area contributed by atoms with Crippen LogP contribution in [0.2, 0.25) is 0 Å². The summed E-state index contributed by atoms with van der Waals surface area (Å²) >= 11 is 0. The van der Waals surface area contributed by atoms with E-state index in [1.54, 1.807) is 25.2 Å². The number of aliphatic hydroxyl groups excluding tert-OH is 1. The van der Waals surface area contributed by atoms with E-state index >= 15 is 0 Å². The van der Waals surface area contributed by atoms with E-state index in [2.05, 4.69) is 15.6 Å². The lowest BCUT2D eigenvalue weighted by atomic mass is 9.94. The summed E-state index contributed by atoms with van der Waals surface area (Å²) in [5.41, 5.74) is 6.21. The number of amides is 2. The Morgan fingerprint density at radius 2 is 1.98 bits per heavy atom. The van der Waals surface area contributed by atoms with E-state index < -0.39 is 36.3 Å². The average Bonchev–Trinajstić information content (AvgIpc) is 3.35. The Bertz CT molecular complexity index is 1070. The largest absolute Gasteiger partial charge is 0.460 e. The van der Waals surface area contributed by atoms with E-state index in [4.69, 9.17) is 14.9 Å². The Morgan fingerprint density at radius 1 is 1.23 bits per heavy atom. The minimum Gasteiger partial charge on any atom is -0.460 e. The SMILES string of the molecule is CC1=C\[C@@H](O)C[C@@H](F)Cc2nc(co2)C(=O)N[C@H](CCCCN)C(=O)O[C@H](C(C)C)[C@H](C)/C=C/C(=O)NC\C=C\1. The molecule has 5 N–H and O–H groups in total. The Hall–Kier alpha value is -3.31. The highest BCUT2D eigenvalue weighted by molar-refractivity contribution is 5.95. The van der Waals surface area contributed by atoms with E-state index in [0.717, 1.165) is 6.26 Å². The molecule has 1 aromatic heterocycles. The molecule has 1 aromatic rings. The van der Waals surface area contributed by atoms with Crippen LogP contribution in [0.3, 0.4) is 0 Å². The van der Waals surface area contributed by atoms with E-state index in [-0.39, 0.29) is 48.7 Å². The lowest BCUT2D eigenvalue weighted by Gasteiger charge is -2.28. The van der Waals surface area contributed by atoms with Gasteiger partial charge in [0.2, 0.25) is 5.91 Å². The Labute approximate surface area is 235 Å². The Balaban J connectivity index is 2.32. The summed E-state index contributed by atoms with van der Waals surface area (Å²) in [4.78, 5) is 42.5. The van der Waals surface area contributed by atoms with Gasteiger partial charge >= 0.3 is 5.97 Å². The summed E-state index contributed by atoms with van der Waals surface area (Å²) in [6, 6.07) is -0.965. The van der Waals surface area contributed by atoms with Crippen LogP contribution in [0.1, 0.15) is 69.8 Å². The molecule has 0 saturated heterocycles. The van der Waals surface area contributed by atoms with Crippen LogP contribution in [0, 0.1) is 11.8 Å². The zero-order valence-electron chi connectivity index (χ0n) is 23.8. The van der Waals surface area contributed by atoms with Gasteiger partial charge in [-0.2, -0.15) is 0 Å². The van der Waals surface area contributed by atoms with Gasteiger partial charge in [0.15, 0.2) is 11.6 Å². The third-order valence-electron chi connectivity index (χ3n) is 6.42. The molecule has 0 spiro atoms. The average molecular weight is 563 g/mol. The molecule has 0 unspecified atom stereocenters. The predicted molar refractivity (Wildman–Crippen MR) is 149 cm³/mol. The van der Waals surface area contributed by atoms with E-state index in [0.29, 0.717) is 31.4 Å². The van der Waals surface area contributed by atoms with Gasteiger partial charge in [-0.1, -0.05) is 50.6 Å². The van der Waals surface area contributed by atoms with Crippen molar-refractivity contribution in [3.8, 4) is 0 Å². The predicted octanol–water partition coefficient (Wildman–Crippen LogP) is 2.93. The fraction of sp³-hybridized carbons (Fsp3) is 0.586. The zero-order valence-corrected chi connectivity index (χ0v) is 23.8. The number of halogens is 1. The van der Waals surface area contributed by atoms with Gasteiger partial charge in [-0.05, 0) is 44.7 Å². The number of fused-ring (bicyclic) bond motifs is 2. The van der Waals surface area contributed by atoms with Crippen LogP contribution in [0.25, 0.3) is 0 Å². The second-order valence-electron chi connectivity index (χ2n) is 10.5. The van der Waals surface area contributed by atoms with Crippen molar-refractivity contribution in [2.45, 2.75) is 84.2 Å². The molecule has 5 atom stereocenters. The molecule has 1 aliphatic heterocycles. The number of nitrogens with two attached hydrogens (primary N) is 1. The molecular weight excluding hydrogens is 519 g/mol. The molecule has 0 radical (unpaired) electrons. The number of nitrogens with zero attached hydrogens (tertiary/aromatic N) is 1. The standard InChI is InChI=1S/C29H43FN4O6/c1-18(2)27-20(4)10-11-25(36)32-13-7-8-19(3)14-22(35)15-21(30)16-26-33-24(17-39-26)28(37)34-23(29(38)40-27)9-5-6-12-31/h7-8,10-11,14,17-18,20-23,27,35H,5-6,9,12-13,15-16,31H2,1-4H3,(H,32,36)(H,34,37)/b8-7+,11-10+,19-14+/t20-,21-,22-,23-,27-/m1/s1. The second kappa shape index (κ2) is 16.7. The molecule has 2 amide bonds. The van der Waals surface area contributed by atoms with Gasteiger partial charge in [-0.15, -0.1) is 0 Å². The molecule has 0 aliphatic carbocycles.